The number of urea groups is 1. The Kier molecular flexibility index (Phi) is 5.42. The molecule has 2 aliphatic heterocycles. The van der Waals surface area contributed by atoms with Gasteiger partial charge >= 0.3 is 11.9 Å². The Balaban J connectivity index is 1.82. The summed E-state index contributed by atoms with van der Waals surface area (Å²) in [5.41, 5.74) is 1.45. The van der Waals surface area contributed by atoms with Crippen LogP contribution >= 0.6 is 11.8 Å². The molecule has 4 amide bonds. The lowest BCUT2D eigenvalue weighted by atomic mass is 10.1. The fourth-order valence-corrected chi connectivity index (χ4v) is 3.92. The van der Waals surface area contributed by atoms with Gasteiger partial charge in [-0.15, -0.1) is 11.8 Å². The summed E-state index contributed by atoms with van der Waals surface area (Å²) < 4.78 is 1.36. The molecule has 0 aromatic heterocycles. The number of nitrogens with one attached hydrogen (secondary N) is 1. The van der Waals surface area contributed by atoms with E-state index in [1.54, 1.807) is 35.7 Å². The molecule has 0 aliphatic carbocycles. The van der Waals surface area contributed by atoms with Crippen molar-refractivity contribution in [3.63, 3.8) is 0 Å². The van der Waals surface area contributed by atoms with E-state index >= 15 is 0 Å². The Labute approximate surface area is 161 Å². The second kappa shape index (κ2) is 7.76. The third-order valence-electron chi connectivity index (χ3n) is 4.11. The molecule has 1 aromatic rings. The molecule has 1 N–H and O–H groups in total. The maximum Gasteiger partial charge on any atom is 0.501 e. The number of hydrogen-bond donors (Lipinski definition) is 1. The zero-order valence-electron chi connectivity index (χ0n) is 15.0. The number of fused-ring (bicyclic) bond motifs is 1. The van der Waals surface area contributed by atoms with Crippen LogP contribution in [0.4, 0.5) is 10.5 Å². The van der Waals surface area contributed by atoms with Crippen LogP contribution in [-0.4, -0.2) is 51.4 Å². The molecule has 0 radical (unpaired) electrons. The molecular formula is C19H19N4O3S+. The minimum absolute atomic E-state index is 0.128. The van der Waals surface area contributed by atoms with Crippen molar-refractivity contribution in [3.05, 3.63) is 41.3 Å². The normalized spacial score (nSPS) is 18.7. The van der Waals surface area contributed by atoms with Crippen molar-refractivity contribution in [3.8, 4) is 6.07 Å². The van der Waals surface area contributed by atoms with Gasteiger partial charge in [0.15, 0.2) is 11.8 Å². The molecule has 2 aliphatic rings. The molecule has 0 saturated carbocycles. The Morgan fingerprint density at radius 2 is 2.19 bits per heavy atom. The summed E-state index contributed by atoms with van der Waals surface area (Å²) >= 11 is 1.34. The van der Waals surface area contributed by atoms with Gasteiger partial charge in [-0.25, -0.2) is 4.79 Å². The van der Waals surface area contributed by atoms with Gasteiger partial charge in [-0.3, -0.25) is 4.79 Å². The largest absolute Gasteiger partial charge is 0.501 e. The summed E-state index contributed by atoms with van der Waals surface area (Å²) in [4.78, 5) is 39.2. The van der Waals surface area contributed by atoms with Crippen LogP contribution in [0.25, 0.3) is 0 Å². The summed E-state index contributed by atoms with van der Waals surface area (Å²) in [5.74, 6) is -0.505. The molecule has 1 aromatic carbocycles. The number of carbonyl (C=O) groups is 3. The third-order valence-corrected chi connectivity index (χ3v) is 5.12. The van der Waals surface area contributed by atoms with Crippen molar-refractivity contribution in [2.75, 3.05) is 18.4 Å². The molecule has 3 rings (SSSR count). The van der Waals surface area contributed by atoms with Gasteiger partial charge in [0.2, 0.25) is 0 Å². The molecule has 0 saturated heterocycles. The van der Waals surface area contributed by atoms with E-state index < -0.39 is 17.2 Å². The predicted molar refractivity (Wildman–Crippen MR) is 102 cm³/mol. The fraction of sp³-hybridized carbons (Fsp3) is 0.316. The van der Waals surface area contributed by atoms with Crippen molar-refractivity contribution in [1.29, 1.82) is 5.26 Å². The van der Waals surface area contributed by atoms with Gasteiger partial charge in [0.25, 0.3) is 5.91 Å². The van der Waals surface area contributed by atoms with Gasteiger partial charge in [0, 0.05) is 5.69 Å². The summed E-state index contributed by atoms with van der Waals surface area (Å²) in [7, 11) is 0. The first-order chi connectivity index (χ1) is 12.9. The number of nitriles is 1. The highest BCUT2D eigenvalue weighted by Crippen LogP contribution is 2.28. The van der Waals surface area contributed by atoms with Crippen LogP contribution < -0.4 is 5.32 Å². The standard InChI is InChI=1S/C19H18N4O3S/c1-12(2)10-23-18(25)17-15(6-7-27-17)22(19(23)26)11-16(24)21-14-5-3-4-13(8-14)9-20/h3-8,12,17H,10-11H2,1-2H3/p+1. The molecule has 0 fully saturated rings. The topological polar surface area (TPSA) is 93.3 Å². The number of rotatable bonds is 5. The number of hydrogen-bond acceptors (Lipinski definition) is 5. The third kappa shape index (κ3) is 3.93. The first-order valence-electron chi connectivity index (χ1n) is 8.52. The highest BCUT2D eigenvalue weighted by molar-refractivity contribution is 8.04. The lowest BCUT2D eigenvalue weighted by Crippen LogP contribution is -2.57. The number of carbonyl (C=O) groups excluding carboxylic acids is 3. The van der Waals surface area contributed by atoms with Crippen LogP contribution in [0.15, 0.2) is 35.7 Å². The molecular weight excluding hydrogens is 364 g/mol. The Morgan fingerprint density at radius 1 is 1.41 bits per heavy atom. The minimum atomic E-state index is -0.490. The predicted octanol–water partition coefficient (Wildman–Crippen LogP) is 2.20. The molecule has 27 heavy (non-hydrogen) atoms. The minimum Gasteiger partial charge on any atom is -0.323 e. The van der Waals surface area contributed by atoms with E-state index in [0.717, 1.165) is 0 Å². The highest BCUT2D eigenvalue weighted by atomic mass is 32.2. The molecule has 1 unspecified atom stereocenters. The zero-order valence-corrected chi connectivity index (χ0v) is 15.8. The molecule has 1 atom stereocenters. The number of anilines is 1. The van der Waals surface area contributed by atoms with Gasteiger partial charge in [-0.05, 0) is 35.6 Å². The van der Waals surface area contributed by atoms with Crippen molar-refractivity contribution >= 4 is 41.0 Å². The maximum atomic E-state index is 12.8. The number of amides is 4. The van der Waals surface area contributed by atoms with Crippen LogP contribution in [-0.2, 0) is 9.59 Å². The van der Waals surface area contributed by atoms with E-state index in [0.29, 0.717) is 23.5 Å². The maximum absolute atomic E-state index is 12.8. The van der Waals surface area contributed by atoms with Gasteiger partial charge in [0.1, 0.15) is 5.71 Å². The van der Waals surface area contributed by atoms with E-state index in [9.17, 15) is 14.4 Å². The van der Waals surface area contributed by atoms with E-state index in [1.807, 2.05) is 19.9 Å². The smallest absolute Gasteiger partial charge is 0.323 e. The molecule has 0 bridgehead atoms. The van der Waals surface area contributed by atoms with Gasteiger partial charge in [-0.1, -0.05) is 19.9 Å². The fourth-order valence-electron chi connectivity index (χ4n) is 2.96. The molecule has 0 spiro atoms. The van der Waals surface area contributed by atoms with Gasteiger partial charge in [0.05, 0.1) is 18.2 Å². The average molecular weight is 383 g/mol. The van der Waals surface area contributed by atoms with E-state index in [2.05, 4.69) is 5.32 Å². The second-order valence-corrected chi connectivity index (χ2v) is 7.71. The van der Waals surface area contributed by atoms with Crippen LogP contribution in [0.3, 0.4) is 0 Å². The molecule has 7 nitrogen and oxygen atoms in total. The van der Waals surface area contributed by atoms with Crippen LogP contribution in [0.1, 0.15) is 19.4 Å². The SMILES string of the molecule is CC(C)CN1C(=O)C2SC=CC2=[N+](CC(=O)Nc2cccc(C#N)c2)C1=O. The number of allylic oxidation sites excluding steroid dienone is 1. The van der Waals surface area contributed by atoms with E-state index in [-0.39, 0.29) is 18.4 Å². The molecule has 8 heteroatoms. The summed E-state index contributed by atoms with van der Waals surface area (Å²) in [6.45, 7) is 3.97. The van der Waals surface area contributed by atoms with Crippen molar-refractivity contribution in [2.24, 2.45) is 5.92 Å². The van der Waals surface area contributed by atoms with Gasteiger partial charge in [-0.2, -0.15) is 19.5 Å². The van der Waals surface area contributed by atoms with Crippen molar-refractivity contribution in [2.45, 2.75) is 19.1 Å². The number of thioether (sulfide) groups is 1. The number of benzene rings is 1. The number of nitrogens with zero attached hydrogens (tertiary/aromatic N) is 3. The Morgan fingerprint density at radius 3 is 2.89 bits per heavy atom. The van der Waals surface area contributed by atoms with E-state index in [4.69, 9.17) is 5.26 Å². The monoisotopic (exact) mass is 383 g/mol. The summed E-state index contributed by atoms with van der Waals surface area (Å²) in [6.07, 6.45) is 1.71. The Bertz CT molecular complexity index is 914. The lowest BCUT2D eigenvalue weighted by molar-refractivity contribution is -0.426. The molecule has 138 valence electrons. The number of imide groups is 1. The molecule has 2 heterocycles. The van der Waals surface area contributed by atoms with Crippen LogP contribution in [0, 0.1) is 17.2 Å². The van der Waals surface area contributed by atoms with Crippen molar-refractivity contribution in [1.82, 2.24) is 4.90 Å². The quantitative estimate of drug-likeness (QED) is 0.787. The second-order valence-electron chi connectivity index (χ2n) is 6.70. The zero-order chi connectivity index (χ0) is 19.6. The average Bonchev–Trinajstić information content (AvgIpc) is 3.12. The lowest BCUT2D eigenvalue weighted by Gasteiger charge is -2.25. The first kappa shape index (κ1) is 18.9. The highest BCUT2D eigenvalue weighted by Gasteiger charge is 2.49. The van der Waals surface area contributed by atoms with Crippen LogP contribution in [0.5, 0.6) is 0 Å². The van der Waals surface area contributed by atoms with Gasteiger partial charge < -0.3 is 5.32 Å². The summed E-state index contributed by atoms with van der Waals surface area (Å²) in [6, 6.07) is 8.08. The summed E-state index contributed by atoms with van der Waals surface area (Å²) in [5, 5.41) is 12.9. The Hall–Kier alpha value is -2.92. The van der Waals surface area contributed by atoms with Crippen LogP contribution in [0.2, 0.25) is 0 Å². The first-order valence-corrected chi connectivity index (χ1v) is 9.46. The van der Waals surface area contributed by atoms with E-state index in [1.165, 1.54) is 21.2 Å². The van der Waals surface area contributed by atoms with Crippen molar-refractivity contribution < 1.29 is 19.0 Å².